The fourth-order valence-electron chi connectivity index (χ4n) is 3.02. The van der Waals surface area contributed by atoms with Gasteiger partial charge in [0.2, 0.25) is 6.41 Å². The first kappa shape index (κ1) is 25.6. The van der Waals surface area contributed by atoms with Gasteiger partial charge in [0.25, 0.3) is 5.12 Å². The molecule has 1 amide bonds. The number of aryl methyl sites for hydroxylation is 1. The second kappa shape index (κ2) is 10.9. The summed E-state index contributed by atoms with van der Waals surface area (Å²) in [4.78, 5) is 52.7. The Hall–Kier alpha value is -3.02. The zero-order valence-electron chi connectivity index (χ0n) is 18.4. The molecule has 0 unspecified atom stereocenters. The average Bonchev–Trinajstić information content (AvgIpc) is 3.21. The Labute approximate surface area is 199 Å². The van der Waals surface area contributed by atoms with E-state index in [0.717, 1.165) is 17.1 Å². The summed E-state index contributed by atoms with van der Waals surface area (Å²) in [5.74, 6) is 0.791. The van der Waals surface area contributed by atoms with Gasteiger partial charge in [0, 0.05) is 34.2 Å². The van der Waals surface area contributed by atoms with Crippen molar-refractivity contribution in [2.24, 2.45) is 0 Å². The summed E-state index contributed by atoms with van der Waals surface area (Å²) >= 11 is 0.784. The topological polar surface area (TPSA) is 169 Å². The fraction of sp³-hybridized carbons (Fsp3) is 0.238. The molecule has 13 heteroatoms. The van der Waals surface area contributed by atoms with Crippen LogP contribution >= 0.6 is 19.6 Å². The predicted molar refractivity (Wildman–Crippen MR) is 126 cm³/mol. The Bertz CT molecular complexity index is 1250. The molecule has 2 heterocycles. The molecule has 0 bridgehead atoms. The van der Waals surface area contributed by atoms with E-state index in [-0.39, 0.29) is 31.2 Å². The number of aromatic nitrogens is 2. The fourth-order valence-corrected chi connectivity index (χ4v) is 4.23. The number of rotatable bonds is 10. The van der Waals surface area contributed by atoms with Crippen LogP contribution in [0.2, 0.25) is 0 Å². The number of nitrogens with two attached hydrogens (primary N) is 1. The van der Waals surface area contributed by atoms with Gasteiger partial charge in [0.05, 0.1) is 13.2 Å². The number of amides is 1. The van der Waals surface area contributed by atoms with Crippen molar-refractivity contribution in [3.8, 4) is 0 Å². The van der Waals surface area contributed by atoms with Gasteiger partial charge < -0.3 is 24.8 Å². The third-order valence-electron chi connectivity index (χ3n) is 4.75. The molecule has 0 atom stereocenters. The molecule has 0 saturated heterocycles. The zero-order chi connectivity index (χ0) is 24.9. The molecular formula is C21H23N4O7PS. The zero-order valence-corrected chi connectivity index (χ0v) is 20.1. The minimum Gasteiger partial charge on any atom is -0.452 e. The summed E-state index contributed by atoms with van der Waals surface area (Å²) < 4.78 is 21.3. The van der Waals surface area contributed by atoms with Gasteiger partial charge in [-0.15, -0.1) is 0 Å². The lowest BCUT2D eigenvalue weighted by atomic mass is 10.2. The van der Waals surface area contributed by atoms with Gasteiger partial charge in [-0.25, -0.2) is 14.5 Å². The molecule has 180 valence electrons. The van der Waals surface area contributed by atoms with Crippen molar-refractivity contribution in [3.63, 3.8) is 0 Å². The monoisotopic (exact) mass is 506 g/mol. The number of anilines is 1. The van der Waals surface area contributed by atoms with E-state index in [1.54, 1.807) is 38.1 Å². The van der Waals surface area contributed by atoms with Gasteiger partial charge in [0.15, 0.2) is 5.76 Å². The molecule has 2 aromatic heterocycles. The Morgan fingerprint density at radius 1 is 1.35 bits per heavy atom. The summed E-state index contributed by atoms with van der Waals surface area (Å²) in [6.45, 7) is 2.94. The minimum atomic E-state index is -4.71. The number of phosphoric ester groups is 1. The summed E-state index contributed by atoms with van der Waals surface area (Å²) in [5, 5.41) is 0.314. The van der Waals surface area contributed by atoms with Gasteiger partial charge in [-0.1, -0.05) is 18.2 Å². The minimum absolute atomic E-state index is 0.0314. The number of allylic oxidation sites excluding steroid dienone is 1. The molecule has 0 radical (unpaired) electrons. The molecule has 3 aromatic rings. The second-order valence-corrected chi connectivity index (χ2v) is 9.49. The van der Waals surface area contributed by atoms with Crippen molar-refractivity contribution in [2.75, 3.05) is 12.3 Å². The number of carbonyl (C=O) groups is 2. The van der Waals surface area contributed by atoms with E-state index >= 15 is 0 Å². The van der Waals surface area contributed by atoms with Gasteiger partial charge in [-0.3, -0.25) is 14.1 Å². The number of thioether (sulfide) groups is 1. The van der Waals surface area contributed by atoms with Crippen LogP contribution in [0.1, 0.15) is 35.3 Å². The number of nitrogens with zero attached hydrogens (tertiary/aromatic N) is 3. The Morgan fingerprint density at radius 2 is 2.09 bits per heavy atom. The lowest BCUT2D eigenvalue weighted by Gasteiger charge is -2.22. The largest absolute Gasteiger partial charge is 0.469 e. The van der Waals surface area contributed by atoms with Crippen LogP contribution in [0.3, 0.4) is 0 Å². The highest BCUT2D eigenvalue weighted by atomic mass is 32.2. The van der Waals surface area contributed by atoms with E-state index in [4.69, 9.17) is 19.9 Å². The highest BCUT2D eigenvalue weighted by Crippen LogP contribution is 2.38. The molecule has 0 aliphatic carbocycles. The number of nitrogen functional groups attached to an aromatic ring is 1. The van der Waals surface area contributed by atoms with E-state index in [2.05, 4.69) is 14.5 Å². The first-order chi connectivity index (χ1) is 16.1. The number of benzene rings is 1. The van der Waals surface area contributed by atoms with Gasteiger partial charge >= 0.3 is 7.82 Å². The standard InChI is InChI=1S/C21H23N4O7PS/c1-13(25(12-26)11-16-10-23-14(2)24-20(16)22)19(7-8-31-33(28,29)30)34-21(27)18-9-15-5-3-4-6-17(15)32-18/h3-6,9-10,12H,7-8,11H2,1-2H3,(H2,22,23,24)(H2,28,29,30)/b19-13-. The summed E-state index contributed by atoms with van der Waals surface area (Å²) in [6, 6.07) is 8.74. The molecule has 11 nitrogen and oxygen atoms in total. The second-order valence-electron chi connectivity index (χ2n) is 7.18. The highest BCUT2D eigenvalue weighted by Gasteiger charge is 2.21. The number of carbonyl (C=O) groups excluding carboxylic acids is 2. The van der Waals surface area contributed by atoms with Gasteiger partial charge in [-0.05, 0) is 37.7 Å². The SMILES string of the molecule is C/C(=C(\CCOP(=O)(O)O)SC(=O)c1cc2ccccc2o1)N(C=O)Cc1cnc(C)nc1N. The number of furan rings is 1. The van der Waals surface area contributed by atoms with Crippen molar-refractivity contribution >= 4 is 47.9 Å². The van der Waals surface area contributed by atoms with Gasteiger partial charge in [-0.2, -0.15) is 0 Å². The molecule has 0 fully saturated rings. The van der Waals surface area contributed by atoms with Crippen LogP contribution < -0.4 is 5.73 Å². The van der Waals surface area contributed by atoms with Crippen molar-refractivity contribution in [1.29, 1.82) is 0 Å². The maximum atomic E-state index is 12.9. The smallest absolute Gasteiger partial charge is 0.452 e. The van der Waals surface area contributed by atoms with E-state index in [0.29, 0.717) is 34.0 Å². The van der Waals surface area contributed by atoms with Crippen LogP contribution in [0.4, 0.5) is 5.82 Å². The van der Waals surface area contributed by atoms with Crippen LogP contribution in [0.5, 0.6) is 0 Å². The van der Waals surface area contributed by atoms with Crippen molar-refractivity contribution in [1.82, 2.24) is 14.9 Å². The van der Waals surface area contributed by atoms with Crippen LogP contribution in [0.25, 0.3) is 11.0 Å². The number of para-hydroxylation sites is 1. The molecular weight excluding hydrogens is 483 g/mol. The number of fused-ring (bicyclic) bond motifs is 1. The molecule has 4 N–H and O–H groups in total. The molecule has 0 aliphatic rings. The van der Waals surface area contributed by atoms with E-state index in [1.807, 2.05) is 6.07 Å². The quantitative estimate of drug-likeness (QED) is 0.272. The molecule has 3 rings (SSSR count). The molecule has 0 saturated carbocycles. The Kier molecular flexibility index (Phi) is 8.24. The van der Waals surface area contributed by atoms with E-state index in [1.165, 1.54) is 11.1 Å². The highest BCUT2D eigenvalue weighted by molar-refractivity contribution is 8.17. The van der Waals surface area contributed by atoms with Crippen molar-refractivity contribution in [3.05, 3.63) is 64.3 Å². The Balaban J connectivity index is 1.88. The average molecular weight is 506 g/mol. The lowest BCUT2D eigenvalue weighted by Crippen LogP contribution is -2.22. The van der Waals surface area contributed by atoms with Crippen molar-refractivity contribution in [2.45, 2.75) is 26.8 Å². The predicted octanol–water partition coefficient (Wildman–Crippen LogP) is 3.38. The normalized spacial score (nSPS) is 12.5. The lowest BCUT2D eigenvalue weighted by molar-refractivity contribution is -0.116. The molecule has 34 heavy (non-hydrogen) atoms. The summed E-state index contributed by atoms with van der Waals surface area (Å²) in [5.41, 5.74) is 7.35. The molecule has 0 aliphatic heterocycles. The third-order valence-corrected chi connectivity index (χ3v) is 6.40. The van der Waals surface area contributed by atoms with Gasteiger partial charge in [0.1, 0.15) is 17.2 Å². The maximum absolute atomic E-state index is 12.9. The van der Waals surface area contributed by atoms with Crippen LogP contribution in [0, 0.1) is 6.92 Å². The van der Waals surface area contributed by atoms with Crippen LogP contribution in [-0.2, 0) is 20.4 Å². The maximum Gasteiger partial charge on any atom is 0.469 e. The first-order valence-corrected chi connectivity index (χ1v) is 12.3. The van der Waals surface area contributed by atoms with Crippen molar-refractivity contribution < 1.29 is 32.9 Å². The van der Waals surface area contributed by atoms with E-state index < -0.39 is 12.9 Å². The van der Waals surface area contributed by atoms with Crippen LogP contribution in [-0.4, -0.2) is 42.8 Å². The number of phosphoric acid groups is 1. The molecule has 1 aromatic carbocycles. The number of hydrogen-bond donors (Lipinski definition) is 3. The summed E-state index contributed by atoms with van der Waals surface area (Å²) in [7, 11) is -4.71. The van der Waals surface area contributed by atoms with E-state index in [9.17, 15) is 14.2 Å². The number of hydrogen-bond acceptors (Lipinski definition) is 9. The Morgan fingerprint density at radius 3 is 2.74 bits per heavy atom. The first-order valence-electron chi connectivity index (χ1n) is 9.98. The molecule has 0 spiro atoms. The van der Waals surface area contributed by atoms with Crippen LogP contribution in [0.15, 0.2) is 51.5 Å². The summed E-state index contributed by atoms with van der Waals surface area (Å²) in [6.07, 6.45) is 2.02. The third kappa shape index (κ3) is 6.75.